The molecule has 1 aromatic carbocycles. The Morgan fingerprint density at radius 2 is 2.10 bits per heavy atom. The number of benzene rings is 1. The molecule has 0 radical (unpaired) electrons. The van der Waals surface area contributed by atoms with Gasteiger partial charge in [0.05, 0.1) is 31.7 Å². The Kier molecular flexibility index (Phi) is 9.26. The number of azide groups is 1. The van der Waals surface area contributed by atoms with Crippen molar-refractivity contribution in [2.75, 3.05) is 25.5 Å². The Labute approximate surface area is 231 Å². The summed E-state index contributed by atoms with van der Waals surface area (Å²) in [7, 11) is -3.85. The number of imidazole rings is 1. The fraction of sp³-hybridized carbons (Fsp3) is 0.542. The van der Waals surface area contributed by atoms with Crippen molar-refractivity contribution in [2.45, 2.75) is 64.2 Å². The lowest BCUT2D eigenvalue weighted by Crippen LogP contribution is -2.42. The molecule has 2 unspecified atom stereocenters. The highest BCUT2D eigenvalue weighted by molar-refractivity contribution is 7.51. The summed E-state index contributed by atoms with van der Waals surface area (Å²) in [6, 6.07) is 9.30. The van der Waals surface area contributed by atoms with Crippen molar-refractivity contribution in [3.63, 3.8) is 0 Å². The van der Waals surface area contributed by atoms with Crippen LogP contribution in [0.15, 0.2) is 41.8 Å². The minimum absolute atomic E-state index is 0.0609. The van der Waals surface area contributed by atoms with E-state index < -0.39 is 37.8 Å². The van der Waals surface area contributed by atoms with E-state index in [4.69, 9.17) is 24.3 Å². The lowest BCUT2D eigenvalue weighted by Gasteiger charge is -2.28. The third kappa shape index (κ3) is 6.06. The minimum atomic E-state index is -3.85. The van der Waals surface area contributed by atoms with E-state index in [9.17, 15) is 15.2 Å². The van der Waals surface area contributed by atoms with Crippen LogP contribution in [0.25, 0.3) is 21.6 Å². The minimum Gasteiger partial charge on any atom is -0.476 e. The number of rotatable bonds is 13. The van der Waals surface area contributed by atoms with Crippen LogP contribution in [0.4, 0.5) is 5.95 Å². The molecule has 4 N–H and O–H groups in total. The van der Waals surface area contributed by atoms with Gasteiger partial charge in [-0.3, -0.25) is 13.6 Å². The van der Waals surface area contributed by atoms with E-state index in [1.54, 1.807) is 13.8 Å². The standard InChI is InChI=1S/C24H34N9O6P/c1-5-12-28-40(35,39-15(3)16-10-8-7-9-11-16)37-13-17-19(34)24(4,31-32-26)22(38-17)33-14-27-18-20(33)29-23(25)30-21(18)36-6-2/h7-11,14-15,17,19,22,34H,5-6,12-13H2,1-4H3,(H,28,35)(H2,25,29,30)/t15?,17-,19-,22-,24-,40?/m1/s1. The Morgan fingerprint density at radius 3 is 2.77 bits per heavy atom. The summed E-state index contributed by atoms with van der Waals surface area (Å²) < 4.78 is 38.5. The normalized spacial score (nSPS) is 24.9. The molecule has 15 nitrogen and oxygen atoms in total. The maximum atomic E-state index is 13.7. The number of nitrogens with one attached hydrogen (secondary N) is 1. The van der Waals surface area contributed by atoms with Crippen molar-refractivity contribution in [3.05, 3.63) is 52.7 Å². The van der Waals surface area contributed by atoms with Crippen molar-refractivity contribution < 1.29 is 28.2 Å². The van der Waals surface area contributed by atoms with E-state index in [-0.39, 0.29) is 24.1 Å². The molecule has 40 heavy (non-hydrogen) atoms. The summed E-state index contributed by atoms with van der Waals surface area (Å²) in [5.41, 5.74) is 15.1. The van der Waals surface area contributed by atoms with Gasteiger partial charge in [-0.15, -0.1) is 0 Å². The molecule has 0 aliphatic carbocycles. The van der Waals surface area contributed by atoms with E-state index >= 15 is 0 Å². The second-order valence-electron chi connectivity index (χ2n) is 9.39. The summed E-state index contributed by atoms with van der Waals surface area (Å²) in [6.07, 6.45) is -1.95. The molecule has 6 atom stereocenters. The number of ether oxygens (including phenoxy) is 2. The Balaban J connectivity index is 1.60. The monoisotopic (exact) mass is 575 g/mol. The summed E-state index contributed by atoms with van der Waals surface area (Å²) in [5, 5.41) is 18.0. The van der Waals surface area contributed by atoms with Crippen LogP contribution in [-0.2, 0) is 18.3 Å². The van der Waals surface area contributed by atoms with Crippen LogP contribution < -0.4 is 15.6 Å². The Morgan fingerprint density at radius 1 is 1.35 bits per heavy atom. The summed E-state index contributed by atoms with van der Waals surface area (Å²) >= 11 is 0. The van der Waals surface area contributed by atoms with Crippen molar-refractivity contribution in [1.82, 2.24) is 24.6 Å². The zero-order valence-corrected chi connectivity index (χ0v) is 23.6. The number of aliphatic hydroxyl groups is 1. The van der Waals surface area contributed by atoms with Crippen LogP contribution in [-0.4, -0.2) is 62.1 Å². The zero-order chi connectivity index (χ0) is 28.9. The number of aliphatic hydroxyl groups excluding tert-OH is 1. The molecule has 3 aromatic rings. The fourth-order valence-corrected chi connectivity index (χ4v) is 6.03. The number of aromatic nitrogens is 4. The molecule has 3 heterocycles. The molecule has 0 spiro atoms. The number of hydrogen-bond acceptors (Lipinski definition) is 11. The van der Waals surface area contributed by atoms with Crippen molar-refractivity contribution in [2.24, 2.45) is 5.11 Å². The van der Waals surface area contributed by atoms with Gasteiger partial charge in [-0.25, -0.2) is 14.6 Å². The van der Waals surface area contributed by atoms with Crippen LogP contribution in [0.2, 0.25) is 0 Å². The maximum Gasteiger partial charge on any atom is 0.406 e. The fourth-order valence-electron chi connectivity index (χ4n) is 4.43. The second kappa shape index (κ2) is 12.5. The quantitative estimate of drug-likeness (QED) is 0.115. The van der Waals surface area contributed by atoms with E-state index in [0.29, 0.717) is 25.1 Å². The number of anilines is 1. The van der Waals surface area contributed by atoms with Gasteiger partial charge >= 0.3 is 7.75 Å². The molecule has 216 valence electrons. The zero-order valence-electron chi connectivity index (χ0n) is 22.7. The molecule has 0 saturated carbocycles. The number of hydrogen-bond donors (Lipinski definition) is 3. The lowest BCUT2D eigenvalue weighted by molar-refractivity contribution is -0.0443. The number of nitrogen functional groups attached to an aromatic ring is 1. The molecule has 4 rings (SSSR count). The van der Waals surface area contributed by atoms with Gasteiger partial charge < -0.3 is 20.3 Å². The highest BCUT2D eigenvalue weighted by atomic mass is 31.2. The molecule has 0 bridgehead atoms. The van der Waals surface area contributed by atoms with Gasteiger partial charge in [-0.2, -0.15) is 9.97 Å². The topological polar surface area (TPSA) is 205 Å². The van der Waals surface area contributed by atoms with Gasteiger partial charge in [0.25, 0.3) is 0 Å². The first-order valence-corrected chi connectivity index (χ1v) is 14.5. The van der Waals surface area contributed by atoms with E-state index in [1.807, 2.05) is 37.3 Å². The second-order valence-corrected chi connectivity index (χ2v) is 11.2. The molecule has 2 aromatic heterocycles. The smallest absolute Gasteiger partial charge is 0.406 e. The van der Waals surface area contributed by atoms with Gasteiger partial charge in [0.2, 0.25) is 11.8 Å². The van der Waals surface area contributed by atoms with Crippen molar-refractivity contribution >= 4 is 24.9 Å². The highest BCUT2D eigenvalue weighted by Gasteiger charge is 2.55. The molecule has 1 saturated heterocycles. The van der Waals surface area contributed by atoms with Crippen molar-refractivity contribution in [1.29, 1.82) is 0 Å². The predicted molar refractivity (Wildman–Crippen MR) is 146 cm³/mol. The summed E-state index contributed by atoms with van der Waals surface area (Å²) in [6.45, 7) is 7.37. The average molecular weight is 576 g/mol. The van der Waals surface area contributed by atoms with Gasteiger partial charge in [-0.05, 0) is 38.3 Å². The number of fused-ring (bicyclic) bond motifs is 1. The first-order chi connectivity index (χ1) is 19.2. The Bertz CT molecular complexity index is 1400. The maximum absolute atomic E-state index is 13.7. The SMILES string of the molecule is CCCNP(=O)(OC[C@H]1O[C@@H](n2cnc3c(OCC)nc(N)nc32)[C@](C)(N=[N+]=[N-])[C@@H]1O)OC(C)c1ccccc1. The molecule has 0 amide bonds. The first-order valence-electron chi connectivity index (χ1n) is 12.9. The number of nitrogens with zero attached hydrogens (tertiary/aromatic N) is 7. The van der Waals surface area contributed by atoms with Crippen LogP contribution >= 0.6 is 7.75 Å². The van der Waals surface area contributed by atoms with Crippen LogP contribution in [0.1, 0.15) is 52.0 Å². The highest BCUT2D eigenvalue weighted by Crippen LogP contribution is 2.50. The summed E-state index contributed by atoms with van der Waals surface area (Å²) in [4.78, 5) is 15.6. The van der Waals surface area contributed by atoms with Gasteiger partial charge in [0, 0.05) is 11.5 Å². The summed E-state index contributed by atoms with van der Waals surface area (Å²) in [5.74, 6) is 0.120. The van der Waals surface area contributed by atoms with Crippen molar-refractivity contribution in [3.8, 4) is 5.88 Å². The molecule has 1 aliphatic heterocycles. The lowest BCUT2D eigenvalue weighted by atomic mass is 9.93. The van der Waals surface area contributed by atoms with Gasteiger partial charge in [-0.1, -0.05) is 42.4 Å². The molecule has 1 aliphatic rings. The molecular formula is C24H34N9O6P. The Hall–Kier alpha value is -3.29. The number of nitrogens with two attached hydrogens (primary N) is 1. The molecule has 16 heteroatoms. The third-order valence-corrected chi connectivity index (χ3v) is 8.18. The van der Waals surface area contributed by atoms with Crippen LogP contribution in [0.5, 0.6) is 5.88 Å². The van der Waals surface area contributed by atoms with Gasteiger partial charge in [0.15, 0.2) is 17.4 Å². The van der Waals surface area contributed by atoms with Crippen LogP contribution in [0, 0.1) is 0 Å². The average Bonchev–Trinajstić information content (AvgIpc) is 3.45. The molecular weight excluding hydrogens is 541 g/mol. The van der Waals surface area contributed by atoms with E-state index in [0.717, 1.165) is 5.56 Å². The van der Waals surface area contributed by atoms with Crippen LogP contribution in [0.3, 0.4) is 0 Å². The molecule has 1 fully saturated rings. The first kappa shape index (κ1) is 29.7. The predicted octanol–water partition coefficient (Wildman–Crippen LogP) is 4.04. The van der Waals surface area contributed by atoms with E-state index in [2.05, 4.69) is 30.1 Å². The van der Waals surface area contributed by atoms with E-state index in [1.165, 1.54) is 17.8 Å². The third-order valence-electron chi connectivity index (χ3n) is 6.49. The largest absolute Gasteiger partial charge is 0.476 e. The van der Waals surface area contributed by atoms with Gasteiger partial charge in [0.1, 0.15) is 11.6 Å².